The highest BCUT2D eigenvalue weighted by atomic mass is 16.5. The average Bonchev–Trinajstić information content (AvgIpc) is 2.26. The lowest BCUT2D eigenvalue weighted by Gasteiger charge is -2.26. The van der Waals surface area contributed by atoms with Gasteiger partial charge in [-0.05, 0) is 37.2 Å². The Balaban J connectivity index is 2.77. The Kier molecular flexibility index (Phi) is 5.42. The standard InChI is InChI=1S/C17H29NO/c1-12-7-8-16(19-6)14(9-12)15(18)10-13(2)11-17(3,4)5/h7-9,13,15H,10-11,18H2,1-6H3. The molecule has 1 aromatic rings. The zero-order chi connectivity index (χ0) is 14.6. The van der Waals surface area contributed by atoms with Crippen LogP contribution in [-0.4, -0.2) is 7.11 Å². The van der Waals surface area contributed by atoms with Crippen molar-refractivity contribution in [2.75, 3.05) is 7.11 Å². The molecule has 0 fully saturated rings. The fourth-order valence-electron chi connectivity index (χ4n) is 2.83. The predicted molar refractivity (Wildman–Crippen MR) is 82.5 cm³/mol. The molecule has 19 heavy (non-hydrogen) atoms. The molecular formula is C17H29NO. The van der Waals surface area contributed by atoms with Crippen molar-refractivity contribution in [3.8, 4) is 5.75 Å². The molecule has 0 aliphatic heterocycles. The van der Waals surface area contributed by atoms with Gasteiger partial charge in [-0.25, -0.2) is 0 Å². The topological polar surface area (TPSA) is 35.2 Å². The number of ether oxygens (including phenoxy) is 1. The molecule has 0 radical (unpaired) electrons. The molecule has 0 saturated carbocycles. The van der Waals surface area contributed by atoms with E-state index >= 15 is 0 Å². The van der Waals surface area contributed by atoms with E-state index in [1.165, 1.54) is 12.0 Å². The third-order valence-electron chi connectivity index (χ3n) is 3.40. The Morgan fingerprint density at radius 2 is 1.89 bits per heavy atom. The molecular weight excluding hydrogens is 234 g/mol. The number of hydrogen-bond acceptors (Lipinski definition) is 2. The van der Waals surface area contributed by atoms with Crippen molar-refractivity contribution < 1.29 is 4.74 Å². The minimum absolute atomic E-state index is 0.0483. The second-order valence-corrected chi connectivity index (χ2v) is 6.96. The van der Waals surface area contributed by atoms with Crippen molar-refractivity contribution in [3.63, 3.8) is 0 Å². The molecule has 1 rings (SSSR count). The van der Waals surface area contributed by atoms with E-state index in [1.807, 2.05) is 6.07 Å². The molecule has 0 amide bonds. The van der Waals surface area contributed by atoms with Crippen molar-refractivity contribution >= 4 is 0 Å². The van der Waals surface area contributed by atoms with Crippen LogP contribution in [0.15, 0.2) is 18.2 Å². The van der Waals surface area contributed by atoms with Gasteiger partial charge in [-0.2, -0.15) is 0 Å². The highest BCUT2D eigenvalue weighted by Crippen LogP contribution is 2.32. The van der Waals surface area contributed by atoms with Crippen molar-refractivity contribution in [3.05, 3.63) is 29.3 Å². The van der Waals surface area contributed by atoms with Gasteiger partial charge in [0.1, 0.15) is 5.75 Å². The van der Waals surface area contributed by atoms with Crippen LogP contribution in [0.5, 0.6) is 5.75 Å². The Morgan fingerprint density at radius 1 is 1.26 bits per heavy atom. The largest absolute Gasteiger partial charge is 0.496 e. The maximum Gasteiger partial charge on any atom is 0.123 e. The molecule has 2 unspecified atom stereocenters. The van der Waals surface area contributed by atoms with Gasteiger partial charge in [0, 0.05) is 11.6 Å². The highest BCUT2D eigenvalue weighted by molar-refractivity contribution is 5.39. The summed E-state index contributed by atoms with van der Waals surface area (Å²) in [7, 11) is 1.71. The lowest BCUT2D eigenvalue weighted by Crippen LogP contribution is -2.18. The fraction of sp³-hybridized carbons (Fsp3) is 0.647. The number of rotatable bonds is 5. The van der Waals surface area contributed by atoms with Crippen molar-refractivity contribution in [1.82, 2.24) is 0 Å². The molecule has 0 aromatic heterocycles. The number of aryl methyl sites for hydroxylation is 1. The molecule has 2 N–H and O–H groups in total. The normalized spacial score (nSPS) is 15.1. The lowest BCUT2D eigenvalue weighted by atomic mass is 9.82. The Bertz CT molecular complexity index is 406. The van der Waals surface area contributed by atoms with Crippen molar-refractivity contribution in [1.29, 1.82) is 0 Å². The first-order chi connectivity index (χ1) is 8.73. The summed E-state index contributed by atoms with van der Waals surface area (Å²) in [5.41, 5.74) is 9.10. The quantitative estimate of drug-likeness (QED) is 0.851. The van der Waals surface area contributed by atoms with Crippen LogP contribution in [0.4, 0.5) is 0 Å². The van der Waals surface area contributed by atoms with Gasteiger partial charge in [0.05, 0.1) is 7.11 Å². The summed E-state index contributed by atoms with van der Waals surface area (Å²) in [6, 6.07) is 6.27. The minimum atomic E-state index is 0.0483. The summed E-state index contributed by atoms with van der Waals surface area (Å²) in [5, 5.41) is 0. The van der Waals surface area contributed by atoms with Gasteiger partial charge in [0.2, 0.25) is 0 Å². The Hall–Kier alpha value is -1.02. The molecule has 0 bridgehead atoms. The van der Waals surface area contributed by atoms with Crippen LogP contribution in [0.1, 0.15) is 57.7 Å². The van der Waals surface area contributed by atoms with Crippen LogP contribution in [-0.2, 0) is 0 Å². The molecule has 1 aromatic carbocycles. The molecule has 0 saturated heterocycles. The highest BCUT2D eigenvalue weighted by Gasteiger charge is 2.20. The molecule has 0 heterocycles. The molecule has 0 aliphatic carbocycles. The fourth-order valence-corrected chi connectivity index (χ4v) is 2.83. The van der Waals surface area contributed by atoms with E-state index in [0.717, 1.165) is 17.7 Å². The monoisotopic (exact) mass is 263 g/mol. The summed E-state index contributed by atoms with van der Waals surface area (Å²) in [5.74, 6) is 1.52. The minimum Gasteiger partial charge on any atom is -0.496 e. The smallest absolute Gasteiger partial charge is 0.123 e. The van der Waals surface area contributed by atoms with Gasteiger partial charge in [0.15, 0.2) is 0 Å². The second kappa shape index (κ2) is 6.42. The van der Waals surface area contributed by atoms with Crippen LogP contribution in [0, 0.1) is 18.3 Å². The molecule has 2 atom stereocenters. The number of hydrogen-bond donors (Lipinski definition) is 1. The summed E-state index contributed by atoms with van der Waals surface area (Å²) in [4.78, 5) is 0. The van der Waals surface area contributed by atoms with Gasteiger partial charge in [-0.1, -0.05) is 45.4 Å². The maximum absolute atomic E-state index is 6.38. The van der Waals surface area contributed by atoms with Crippen LogP contribution >= 0.6 is 0 Å². The molecule has 0 aliphatic rings. The molecule has 0 spiro atoms. The summed E-state index contributed by atoms with van der Waals surface area (Å²) in [6.07, 6.45) is 2.19. The van der Waals surface area contributed by atoms with E-state index < -0.39 is 0 Å². The van der Waals surface area contributed by atoms with E-state index in [-0.39, 0.29) is 6.04 Å². The first-order valence-electron chi connectivity index (χ1n) is 7.13. The predicted octanol–water partition coefficient (Wildman–Crippen LogP) is 4.47. The second-order valence-electron chi connectivity index (χ2n) is 6.96. The molecule has 2 heteroatoms. The van der Waals surface area contributed by atoms with Crippen molar-refractivity contribution in [2.45, 2.75) is 53.5 Å². The molecule has 2 nitrogen and oxygen atoms in total. The molecule has 108 valence electrons. The lowest BCUT2D eigenvalue weighted by molar-refractivity contribution is 0.285. The number of benzene rings is 1. The van der Waals surface area contributed by atoms with E-state index in [9.17, 15) is 0 Å². The Morgan fingerprint density at radius 3 is 2.42 bits per heavy atom. The maximum atomic E-state index is 6.38. The van der Waals surface area contributed by atoms with Crippen LogP contribution in [0.2, 0.25) is 0 Å². The van der Waals surface area contributed by atoms with Crippen molar-refractivity contribution in [2.24, 2.45) is 17.1 Å². The van der Waals surface area contributed by atoms with Gasteiger partial charge in [-0.3, -0.25) is 0 Å². The summed E-state index contributed by atoms with van der Waals surface area (Å²) < 4.78 is 5.42. The van der Waals surface area contributed by atoms with Gasteiger partial charge in [-0.15, -0.1) is 0 Å². The van der Waals surface area contributed by atoms with Crippen LogP contribution in [0.3, 0.4) is 0 Å². The first kappa shape index (κ1) is 16.0. The third-order valence-corrected chi connectivity index (χ3v) is 3.40. The van der Waals surface area contributed by atoms with Crippen LogP contribution < -0.4 is 10.5 Å². The summed E-state index contributed by atoms with van der Waals surface area (Å²) >= 11 is 0. The van der Waals surface area contributed by atoms with E-state index in [2.05, 4.69) is 46.8 Å². The van der Waals surface area contributed by atoms with Gasteiger partial charge in [0.25, 0.3) is 0 Å². The number of nitrogens with two attached hydrogens (primary N) is 1. The SMILES string of the molecule is COc1ccc(C)cc1C(N)CC(C)CC(C)(C)C. The first-order valence-corrected chi connectivity index (χ1v) is 7.13. The van der Waals surface area contributed by atoms with Gasteiger partial charge >= 0.3 is 0 Å². The number of methoxy groups -OCH3 is 1. The van der Waals surface area contributed by atoms with E-state index in [4.69, 9.17) is 10.5 Å². The zero-order valence-electron chi connectivity index (χ0n) is 13.3. The third kappa shape index (κ3) is 5.23. The van der Waals surface area contributed by atoms with E-state index in [1.54, 1.807) is 7.11 Å². The van der Waals surface area contributed by atoms with E-state index in [0.29, 0.717) is 11.3 Å². The summed E-state index contributed by atoms with van der Waals surface area (Å²) in [6.45, 7) is 11.2. The average molecular weight is 263 g/mol. The van der Waals surface area contributed by atoms with Crippen LogP contribution in [0.25, 0.3) is 0 Å². The zero-order valence-corrected chi connectivity index (χ0v) is 13.3. The van der Waals surface area contributed by atoms with Gasteiger partial charge < -0.3 is 10.5 Å². The Labute approximate surface area is 118 Å².